The summed E-state index contributed by atoms with van der Waals surface area (Å²) in [4.78, 5) is 11.5. The van der Waals surface area contributed by atoms with Gasteiger partial charge in [-0.05, 0) is 42.9 Å². The lowest BCUT2D eigenvalue weighted by atomic mass is 9.86. The van der Waals surface area contributed by atoms with Crippen molar-refractivity contribution in [3.63, 3.8) is 0 Å². The van der Waals surface area contributed by atoms with E-state index in [2.05, 4.69) is 55.7 Å². The Morgan fingerprint density at radius 1 is 1.05 bits per heavy atom. The van der Waals surface area contributed by atoms with Gasteiger partial charge in [0.05, 0.1) is 0 Å². The van der Waals surface area contributed by atoms with E-state index in [0.717, 1.165) is 25.8 Å². The molecule has 0 saturated carbocycles. The second-order valence-electron chi connectivity index (χ2n) is 6.61. The van der Waals surface area contributed by atoms with E-state index in [0.29, 0.717) is 13.0 Å². The minimum absolute atomic E-state index is 0. The van der Waals surface area contributed by atoms with Gasteiger partial charge in [-0.15, -0.1) is 12.4 Å². The van der Waals surface area contributed by atoms with E-state index in [1.54, 1.807) is 0 Å². The zero-order valence-corrected chi connectivity index (χ0v) is 15.2. The fraction of sp³-hybridized carbons (Fsp3) is 0.611. The van der Waals surface area contributed by atoms with E-state index in [-0.39, 0.29) is 23.7 Å². The standard InChI is InChI=1S/C18H30N2O.ClH/c1-18(2,3)16-11-9-15(10-12-16)7-5-6-8-17(21)20-14-13-19-4;/h9-12,19H,5-8,13-14H2,1-4H3,(H,20,21);1H. The molecule has 22 heavy (non-hydrogen) atoms. The van der Waals surface area contributed by atoms with Crippen LogP contribution in [0.4, 0.5) is 0 Å². The third-order valence-electron chi connectivity index (χ3n) is 3.64. The first-order valence-electron chi connectivity index (χ1n) is 7.94. The monoisotopic (exact) mass is 326 g/mol. The van der Waals surface area contributed by atoms with Crippen LogP contribution >= 0.6 is 12.4 Å². The molecule has 1 rings (SSSR count). The number of rotatable bonds is 8. The minimum Gasteiger partial charge on any atom is -0.355 e. The molecule has 0 aromatic heterocycles. The van der Waals surface area contributed by atoms with Gasteiger partial charge in [-0.2, -0.15) is 0 Å². The highest BCUT2D eigenvalue weighted by atomic mass is 35.5. The molecule has 1 aromatic carbocycles. The average Bonchev–Trinajstić information content (AvgIpc) is 2.43. The molecule has 1 aromatic rings. The van der Waals surface area contributed by atoms with E-state index < -0.39 is 0 Å². The van der Waals surface area contributed by atoms with Crippen LogP contribution in [-0.2, 0) is 16.6 Å². The summed E-state index contributed by atoms with van der Waals surface area (Å²) in [6, 6.07) is 8.88. The van der Waals surface area contributed by atoms with Crippen LogP contribution in [0.15, 0.2) is 24.3 Å². The molecule has 2 N–H and O–H groups in total. The molecular weight excluding hydrogens is 296 g/mol. The van der Waals surface area contributed by atoms with Gasteiger partial charge in [-0.3, -0.25) is 4.79 Å². The molecule has 0 aliphatic rings. The molecule has 0 unspecified atom stereocenters. The largest absolute Gasteiger partial charge is 0.355 e. The van der Waals surface area contributed by atoms with Crippen molar-refractivity contribution in [1.29, 1.82) is 0 Å². The molecular formula is C18H31ClN2O. The Bertz CT molecular complexity index is 424. The first kappa shape index (κ1) is 20.9. The van der Waals surface area contributed by atoms with E-state index in [4.69, 9.17) is 0 Å². The number of hydrogen-bond donors (Lipinski definition) is 2. The molecule has 1 amide bonds. The molecule has 4 heteroatoms. The van der Waals surface area contributed by atoms with Crippen LogP contribution in [0.25, 0.3) is 0 Å². The van der Waals surface area contributed by atoms with Crippen molar-refractivity contribution in [1.82, 2.24) is 10.6 Å². The lowest BCUT2D eigenvalue weighted by molar-refractivity contribution is -0.121. The number of nitrogens with one attached hydrogen (secondary N) is 2. The van der Waals surface area contributed by atoms with Crippen molar-refractivity contribution in [2.75, 3.05) is 20.1 Å². The van der Waals surface area contributed by atoms with Gasteiger partial charge in [0.15, 0.2) is 0 Å². The first-order valence-corrected chi connectivity index (χ1v) is 7.94. The van der Waals surface area contributed by atoms with Crippen LogP contribution in [0.3, 0.4) is 0 Å². The predicted octanol–water partition coefficient (Wildman–Crippen LogP) is 3.45. The van der Waals surface area contributed by atoms with Crippen LogP contribution in [-0.4, -0.2) is 26.0 Å². The number of likely N-dealkylation sites (N-methyl/N-ethyl adjacent to an activating group) is 1. The topological polar surface area (TPSA) is 41.1 Å². The molecule has 0 atom stereocenters. The van der Waals surface area contributed by atoms with Crippen molar-refractivity contribution in [2.24, 2.45) is 0 Å². The normalized spacial score (nSPS) is 10.9. The van der Waals surface area contributed by atoms with Crippen molar-refractivity contribution < 1.29 is 4.79 Å². The summed E-state index contributed by atoms with van der Waals surface area (Å²) in [5.74, 6) is 0.160. The Labute approximate surface area is 141 Å². The lowest BCUT2D eigenvalue weighted by Crippen LogP contribution is -2.30. The lowest BCUT2D eigenvalue weighted by Gasteiger charge is -2.19. The number of carbonyl (C=O) groups is 1. The zero-order valence-electron chi connectivity index (χ0n) is 14.4. The molecule has 0 heterocycles. The fourth-order valence-corrected chi connectivity index (χ4v) is 2.20. The van der Waals surface area contributed by atoms with Crippen molar-refractivity contribution in [2.45, 2.75) is 51.9 Å². The van der Waals surface area contributed by atoms with Gasteiger partial charge in [0.25, 0.3) is 0 Å². The van der Waals surface area contributed by atoms with Crippen molar-refractivity contribution in [3.05, 3.63) is 35.4 Å². The molecule has 0 radical (unpaired) electrons. The number of benzene rings is 1. The summed E-state index contributed by atoms with van der Waals surface area (Å²) in [6.45, 7) is 8.23. The van der Waals surface area contributed by atoms with Crippen LogP contribution in [0, 0.1) is 0 Å². The Hall–Kier alpha value is -1.06. The van der Waals surface area contributed by atoms with E-state index in [1.807, 2.05) is 7.05 Å². The quantitative estimate of drug-likeness (QED) is 0.718. The second-order valence-corrected chi connectivity index (χ2v) is 6.61. The maximum atomic E-state index is 11.5. The summed E-state index contributed by atoms with van der Waals surface area (Å²) in [5, 5.41) is 5.92. The van der Waals surface area contributed by atoms with Gasteiger partial charge in [0.2, 0.25) is 5.91 Å². The minimum atomic E-state index is 0. The third kappa shape index (κ3) is 8.40. The smallest absolute Gasteiger partial charge is 0.220 e. The Morgan fingerprint density at radius 2 is 1.68 bits per heavy atom. The second kappa shape index (κ2) is 10.6. The highest BCUT2D eigenvalue weighted by Gasteiger charge is 2.12. The molecule has 0 aliphatic carbocycles. The van der Waals surface area contributed by atoms with E-state index >= 15 is 0 Å². The summed E-state index contributed by atoms with van der Waals surface area (Å²) in [6.07, 6.45) is 3.69. The molecule has 0 bridgehead atoms. The Balaban J connectivity index is 0.00000441. The average molecular weight is 327 g/mol. The van der Waals surface area contributed by atoms with Crippen LogP contribution < -0.4 is 10.6 Å². The number of unbranched alkanes of at least 4 members (excludes halogenated alkanes) is 1. The zero-order chi connectivity index (χ0) is 15.7. The molecule has 0 spiro atoms. The van der Waals surface area contributed by atoms with Crippen LogP contribution in [0.5, 0.6) is 0 Å². The highest BCUT2D eigenvalue weighted by molar-refractivity contribution is 5.85. The van der Waals surface area contributed by atoms with E-state index in [1.165, 1.54) is 11.1 Å². The number of hydrogen-bond acceptors (Lipinski definition) is 2. The number of amides is 1. The van der Waals surface area contributed by atoms with Crippen LogP contribution in [0.2, 0.25) is 0 Å². The van der Waals surface area contributed by atoms with Gasteiger partial charge in [-0.25, -0.2) is 0 Å². The Morgan fingerprint density at radius 3 is 2.23 bits per heavy atom. The van der Waals surface area contributed by atoms with Gasteiger partial charge in [0, 0.05) is 19.5 Å². The maximum Gasteiger partial charge on any atom is 0.220 e. The predicted molar refractivity (Wildman–Crippen MR) is 96.9 cm³/mol. The molecule has 126 valence electrons. The number of carbonyl (C=O) groups excluding carboxylic acids is 1. The molecule has 3 nitrogen and oxygen atoms in total. The summed E-state index contributed by atoms with van der Waals surface area (Å²) < 4.78 is 0. The Kier molecular flexibility index (Phi) is 10.1. The van der Waals surface area contributed by atoms with Gasteiger partial charge in [-0.1, -0.05) is 45.0 Å². The maximum absolute atomic E-state index is 11.5. The SMILES string of the molecule is CNCCNC(=O)CCCCc1ccc(C(C)(C)C)cc1.Cl. The van der Waals surface area contributed by atoms with Crippen molar-refractivity contribution >= 4 is 18.3 Å². The van der Waals surface area contributed by atoms with Gasteiger partial charge >= 0.3 is 0 Å². The van der Waals surface area contributed by atoms with E-state index in [9.17, 15) is 4.79 Å². The van der Waals surface area contributed by atoms with Crippen LogP contribution in [0.1, 0.15) is 51.2 Å². The molecule has 0 saturated heterocycles. The number of halogens is 1. The van der Waals surface area contributed by atoms with Gasteiger partial charge < -0.3 is 10.6 Å². The summed E-state index contributed by atoms with van der Waals surface area (Å²) in [5.41, 5.74) is 2.94. The first-order chi connectivity index (χ1) is 9.93. The summed E-state index contributed by atoms with van der Waals surface area (Å²) in [7, 11) is 1.89. The number of aryl methyl sites for hydroxylation is 1. The molecule has 0 fully saturated rings. The molecule has 0 aliphatic heterocycles. The third-order valence-corrected chi connectivity index (χ3v) is 3.64. The fourth-order valence-electron chi connectivity index (χ4n) is 2.20. The van der Waals surface area contributed by atoms with Crippen molar-refractivity contribution in [3.8, 4) is 0 Å². The van der Waals surface area contributed by atoms with Gasteiger partial charge in [0.1, 0.15) is 0 Å². The highest BCUT2D eigenvalue weighted by Crippen LogP contribution is 2.22. The summed E-state index contributed by atoms with van der Waals surface area (Å²) >= 11 is 0.